The molecule has 3 heteroatoms. The van der Waals surface area contributed by atoms with Crippen LogP contribution in [0.1, 0.15) is 22.3 Å². The number of amides is 1. The average molecular weight is 271 g/mol. The first-order valence-corrected chi connectivity index (χ1v) is 6.62. The Balaban J connectivity index is 1.92. The number of halogens is 1. The lowest BCUT2D eigenvalue weighted by Gasteiger charge is -2.08. The molecule has 0 radical (unpaired) electrons. The van der Waals surface area contributed by atoms with Crippen LogP contribution in [0.25, 0.3) is 0 Å². The van der Waals surface area contributed by atoms with Crippen LogP contribution in [-0.2, 0) is 17.8 Å². The molecular weight excluding hydrogens is 253 g/mol. The van der Waals surface area contributed by atoms with Gasteiger partial charge in [-0.05, 0) is 42.2 Å². The monoisotopic (exact) mass is 271 g/mol. The molecule has 1 amide bonds. The fourth-order valence-corrected chi connectivity index (χ4v) is 1.99. The zero-order valence-corrected chi connectivity index (χ0v) is 11.7. The Bertz CT molecular complexity index is 622. The molecule has 0 saturated carbocycles. The summed E-state index contributed by atoms with van der Waals surface area (Å²) < 4.78 is 13.4. The Labute approximate surface area is 118 Å². The van der Waals surface area contributed by atoms with Crippen LogP contribution in [0.15, 0.2) is 42.5 Å². The van der Waals surface area contributed by atoms with Gasteiger partial charge in [-0.15, -0.1) is 0 Å². The first kappa shape index (κ1) is 14.3. The third kappa shape index (κ3) is 3.67. The lowest BCUT2D eigenvalue weighted by atomic mass is 10.1. The molecule has 0 aromatic heterocycles. The van der Waals surface area contributed by atoms with Crippen molar-refractivity contribution in [2.24, 2.45) is 0 Å². The molecule has 0 atom stereocenters. The first-order chi connectivity index (χ1) is 9.56. The van der Waals surface area contributed by atoms with Crippen molar-refractivity contribution in [3.8, 4) is 0 Å². The minimum atomic E-state index is -0.240. The van der Waals surface area contributed by atoms with Crippen molar-refractivity contribution < 1.29 is 9.18 Å². The molecule has 0 aliphatic carbocycles. The minimum absolute atomic E-state index is 0.0553. The number of carbonyl (C=O) groups is 1. The number of aryl methyl sites for hydroxylation is 2. The number of rotatable bonds is 4. The smallest absolute Gasteiger partial charge is 0.224 e. The van der Waals surface area contributed by atoms with E-state index in [0.717, 1.165) is 16.7 Å². The summed E-state index contributed by atoms with van der Waals surface area (Å²) in [5.41, 5.74) is 3.50. The largest absolute Gasteiger partial charge is 0.352 e. The van der Waals surface area contributed by atoms with E-state index in [2.05, 4.69) is 5.32 Å². The van der Waals surface area contributed by atoms with Gasteiger partial charge < -0.3 is 5.32 Å². The Hall–Kier alpha value is -2.16. The quantitative estimate of drug-likeness (QED) is 0.908. The van der Waals surface area contributed by atoms with Crippen LogP contribution < -0.4 is 5.32 Å². The molecule has 2 nitrogen and oxygen atoms in total. The zero-order chi connectivity index (χ0) is 14.5. The predicted octanol–water partition coefficient (Wildman–Crippen LogP) is 3.30. The summed E-state index contributed by atoms with van der Waals surface area (Å²) in [7, 11) is 0. The van der Waals surface area contributed by atoms with Crippen molar-refractivity contribution in [3.05, 3.63) is 70.5 Å². The van der Waals surface area contributed by atoms with Gasteiger partial charge in [-0.3, -0.25) is 4.79 Å². The second kappa shape index (κ2) is 6.33. The molecule has 1 N–H and O–H groups in total. The summed E-state index contributed by atoms with van der Waals surface area (Å²) in [6.45, 7) is 4.05. The highest BCUT2D eigenvalue weighted by Gasteiger charge is 2.06. The average Bonchev–Trinajstić information content (AvgIpc) is 2.43. The number of hydrogen-bond donors (Lipinski definition) is 1. The van der Waals surface area contributed by atoms with Gasteiger partial charge in [-0.2, -0.15) is 0 Å². The van der Waals surface area contributed by atoms with E-state index in [-0.39, 0.29) is 11.7 Å². The number of carbonyl (C=O) groups excluding carboxylic acids is 1. The zero-order valence-electron chi connectivity index (χ0n) is 11.7. The Kier molecular flexibility index (Phi) is 4.51. The highest BCUT2D eigenvalue weighted by Crippen LogP contribution is 2.10. The van der Waals surface area contributed by atoms with Crippen LogP contribution in [0.3, 0.4) is 0 Å². The molecule has 0 heterocycles. The topological polar surface area (TPSA) is 29.1 Å². The number of benzene rings is 2. The minimum Gasteiger partial charge on any atom is -0.352 e. The molecular formula is C17H18FNO. The van der Waals surface area contributed by atoms with E-state index in [9.17, 15) is 9.18 Å². The summed E-state index contributed by atoms with van der Waals surface area (Å²) in [4.78, 5) is 11.9. The molecule has 0 bridgehead atoms. The Morgan fingerprint density at radius 1 is 1.10 bits per heavy atom. The van der Waals surface area contributed by atoms with Crippen LogP contribution in [-0.4, -0.2) is 5.91 Å². The third-order valence-corrected chi connectivity index (χ3v) is 3.34. The van der Waals surface area contributed by atoms with E-state index in [1.54, 1.807) is 13.0 Å². The Morgan fingerprint density at radius 3 is 2.55 bits per heavy atom. The van der Waals surface area contributed by atoms with Crippen molar-refractivity contribution in [3.63, 3.8) is 0 Å². The normalized spacial score (nSPS) is 10.3. The van der Waals surface area contributed by atoms with Gasteiger partial charge in [0, 0.05) is 6.54 Å². The van der Waals surface area contributed by atoms with Gasteiger partial charge in [0.1, 0.15) is 5.82 Å². The Morgan fingerprint density at radius 2 is 1.85 bits per heavy atom. The molecule has 2 rings (SSSR count). The summed E-state index contributed by atoms with van der Waals surface area (Å²) in [5, 5.41) is 2.82. The van der Waals surface area contributed by atoms with Crippen LogP contribution in [0.2, 0.25) is 0 Å². The van der Waals surface area contributed by atoms with Crippen molar-refractivity contribution in [1.82, 2.24) is 5.32 Å². The van der Waals surface area contributed by atoms with Crippen molar-refractivity contribution in [1.29, 1.82) is 0 Å². The van der Waals surface area contributed by atoms with E-state index in [1.165, 1.54) is 6.07 Å². The van der Waals surface area contributed by atoms with Gasteiger partial charge in [0.25, 0.3) is 0 Å². The van der Waals surface area contributed by atoms with E-state index < -0.39 is 0 Å². The maximum atomic E-state index is 13.4. The summed E-state index contributed by atoms with van der Waals surface area (Å²) in [6.07, 6.45) is 0.348. The number of nitrogens with one attached hydrogen (secondary N) is 1. The van der Waals surface area contributed by atoms with Crippen LogP contribution in [0, 0.1) is 19.7 Å². The van der Waals surface area contributed by atoms with Gasteiger partial charge >= 0.3 is 0 Å². The molecule has 0 fully saturated rings. The molecule has 0 unspecified atom stereocenters. The van der Waals surface area contributed by atoms with Crippen molar-refractivity contribution >= 4 is 5.91 Å². The van der Waals surface area contributed by atoms with Crippen molar-refractivity contribution in [2.75, 3.05) is 0 Å². The second-order valence-corrected chi connectivity index (χ2v) is 4.96. The van der Waals surface area contributed by atoms with Gasteiger partial charge in [0.15, 0.2) is 0 Å². The van der Waals surface area contributed by atoms with E-state index in [1.807, 2.05) is 37.3 Å². The molecule has 2 aromatic carbocycles. The first-order valence-electron chi connectivity index (χ1n) is 6.62. The highest BCUT2D eigenvalue weighted by atomic mass is 19.1. The van der Waals surface area contributed by atoms with E-state index in [0.29, 0.717) is 18.5 Å². The van der Waals surface area contributed by atoms with Gasteiger partial charge in [-0.25, -0.2) is 4.39 Å². The summed E-state index contributed by atoms with van der Waals surface area (Å²) in [6, 6.07) is 12.8. The molecule has 0 saturated heterocycles. The van der Waals surface area contributed by atoms with Gasteiger partial charge in [-0.1, -0.05) is 36.4 Å². The second-order valence-electron chi connectivity index (χ2n) is 4.96. The molecule has 0 aliphatic rings. The molecule has 2 aromatic rings. The third-order valence-electron chi connectivity index (χ3n) is 3.34. The SMILES string of the molecule is Cc1ccc(CNC(=O)Cc2ccccc2C)cc1F. The fourth-order valence-electron chi connectivity index (χ4n) is 1.99. The van der Waals surface area contributed by atoms with E-state index >= 15 is 0 Å². The summed E-state index contributed by atoms with van der Waals surface area (Å²) >= 11 is 0. The van der Waals surface area contributed by atoms with Gasteiger partial charge in [0.05, 0.1) is 6.42 Å². The van der Waals surface area contributed by atoms with Crippen LogP contribution >= 0.6 is 0 Å². The van der Waals surface area contributed by atoms with Crippen molar-refractivity contribution in [2.45, 2.75) is 26.8 Å². The predicted molar refractivity (Wildman–Crippen MR) is 77.9 cm³/mol. The van der Waals surface area contributed by atoms with Crippen LogP contribution in [0.4, 0.5) is 4.39 Å². The molecule has 104 valence electrons. The molecule has 0 spiro atoms. The summed E-state index contributed by atoms with van der Waals surface area (Å²) in [5.74, 6) is -0.295. The lowest BCUT2D eigenvalue weighted by Crippen LogP contribution is -2.24. The fraction of sp³-hybridized carbons (Fsp3) is 0.235. The van der Waals surface area contributed by atoms with Gasteiger partial charge in [0.2, 0.25) is 5.91 Å². The number of hydrogen-bond acceptors (Lipinski definition) is 1. The van der Waals surface area contributed by atoms with E-state index in [4.69, 9.17) is 0 Å². The maximum Gasteiger partial charge on any atom is 0.224 e. The standard InChI is InChI=1S/C17H18FNO/c1-12-5-3-4-6-15(12)10-17(20)19-11-14-8-7-13(2)16(18)9-14/h3-9H,10-11H2,1-2H3,(H,19,20). The highest BCUT2D eigenvalue weighted by molar-refractivity contribution is 5.78. The molecule has 0 aliphatic heterocycles. The maximum absolute atomic E-state index is 13.4. The molecule has 20 heavy (non-hydrogen) atoms. The lowest BCUT2D eigenvalue weighted by molar-refractivity contribution is -0.120. The van der Waals surface area contributed by atoms with Crippen LogP contribution in [0.5, 0.6) is 0 Å².